The van der Waals surface area contributed by atoms with Crippen molar-refractivity contribution in [1.29, 1.82) is 0 Å². The molecule has 1 amide bonds. The number of amides is 1. The molecule has 2 aromatic rings. The maximum atomic E-state index is 12.8. The average molecular weight is 417 g/mol. The molecule has 0 radical (unpaired) electrons. The molecule has 5 heteroatoms. The largest absolute Gasteiger partial charge is 0.363 e. The van der Waals surface area contributed by atoms with Crippen molar-refractivity contribution in [3.05, 3.63) is 59.3 Å². The van der Waals surface area contributed by atoms with Crippen molar-refractivity contribution in [3.63, 3.8) is 0 Å². The molecule has 162 valence electrons. The molecule has 31 heavy (non-hydrogen) atoms. The normalized spacial score (nSPS) is 25.6. The molecule has 0 bridgehead atoms. The van der Waals surface area contributed by atoms with Crippen LogP contribution in [0.3, 0.4) is 0 Å². The van der Waals surface area contributed by atoms with Crippen molar-refractivity contribution in [3.8, 4) is 0 Å². The van der Waals surface area contributed by atoms with Crippen molar-refractivity contribution in [2.24, 2.45) is 11.8 Å². The summed E-state index contributed by atoms with van der Waals surface area (Å²) in [7, 11) is 0. The molecule has 3 aliphatic rings. The summed E-state index contributed by atoms with van der Waals surface area (Å²) in [5, 5.41) is 7.15. The van der Waals surface area contributed by atoms with E-state index in [1.54, 1.807) is 6.92 Å². The van der Waals surface area contributed by atoms with Gasteiger partial charge < -0.3 is 15.5 Å². The van der Waals surface area contributed by atoms with Gasteiger partial charge in [0.25, 0.3) is 0 Å². The molecule has 1 aromatic carbocycles. The summed E-state index contributed by atoms with van der Waals surface area (Å²) < 4.78 is 0. The molecule has 3 heterocycles. The lowest BCUT2D eigenvalue weighted by molar-refractivity contribution is -0.117. The Morgan fingerprint density at radius 1 is 1.23 bits per heavy atom. The van der Waals surface area contributed by atoms with Gasteiger partial charge in [-0.2, -0.15) is 0 Å². The minimum Gasteiger partial charge on any atom is -0.363 e. The summed E-state index contributed by atoms with van der Waals surface area (Å²) in [6, 6.07) is 13.2. The van der Waals surface area contributed by atoms with Gasteiger partial charge in [-0.3, -0.25) is 4.79 Å². The van der Waals surface area contributed by atoms with E-state index < -0.39 is 0 Å². The third kappa shape index (κ3) is 3.87. The van der Waals surface area contributed by atoms with Gasteiger partial charge in [0.2, 0.25) is 5.91 Å². The summed E-state index contributed by atoms with van der Waals surface area (Å²) in [5.41, 5.74) is 5.93. The average Bonchev–Trinajstić information content (AvgIpc) is 3.60. The number of pyridine rings is 1. The molecule has 5 rings (SSSR count). The Kier molecular flexibility index (Phi) is 5.30. The van der Waals surface area contributed by atoms with Crippen LogP contribution in [0.4, 0.5) is 11.5 Å². The lowest BCUT2D eigenvalue weighted by atomic mass is 9.79. The summed E-state index contributed by atoms with van der Waals surface area (Å²) in [4.78, 5) is 19.6. The van der Waals surface area contributed by atoms with Crippen LogP contribution >= 0.6 is 0 Å². The van der Waals surface area contributed by atoms with Gasteiger partial charge in [0.15, 0.2) is 0 Å². The maximum absolute atomic E-state index is 12.8. The van der Waals surface area contributed by atoms with Crippen molar-refractivity contribution >= 4 is 23.0 Å². The smallest absolute Gasteiger partial charge is 0.224 e. The van der Waals surface area contributed by atoms with Crippen molar-refractivity contribution in [2.45, 2.75) is 52.1 Å². The van der Waals surface area contributed by atoms with Gasteiger partial charge in [-0.25, -0.2) is 4.98 Å². The minimum absolute atomic E-state index is 0.118. The van der Waals surface area contributed by atoms with E-state index in [1.807, 2.05) is 19.1 Å². The highest BCUT2D eigenvalue weighted by Gasteiger charge is 2.47. The zero-order valence-electron chi connectivity index (χ0n) is 18.7. The van der Waals surface area contributed by atoms with Crippen molar-refractivity contribution in [2.75, 3.05) is 23.3 Å². The van der Waals surface area contributed by atoms with Gasteiger partial charge in [-0.15, -0.1) is 0 Å². The Bertz CT molecular complexity index is 1030. The number of benzene rings is 1. The summed E-state index contributed by atoms with van der Waals surface area (Å²) >= 11 is 0. The Morgan fingerprint density at radius 2 is 2.06 bits per heavy atom. The Balaban J connectivity index is 1.61. The van der Waals surface area contributed by atoms with Gasteiger partial charge in [0.1, 0.15) is 5.82 Å². The lowest BCUT2D eigenvalue weighted by Gasteiger charge is -2.46. The number of aryl methyl sites for hydroxylation is 1. The molecule has 0 saturated heterocycles. The van der Waals surface area contributed by atoms with E-state index in [1.165, 1.54) is 29.5 Å². The van der Waals surface area contributed by atoms with E-state index in [9.17, 15) is 4.79 Å². The Labute approximate surface area is 184 Å². The highest BCUT2D eigenvalue weighted by atomic mass is 16.2. The first-order chi connectivity index (χ1) is 15.0. The van der Waals surface area contributed by atoms with E-state index in [0.717, 1.165) is 36.7 Å². The fraction of sp³-hybridized carbons (Fsp3) is 0.462. The summed E-state index contributed by atoms with van der Waals surface area (Å²) in [6.45, 7) is 7.96. The van der Waals surface area contributed by atoms with Crippen molar-refractivity contribution < 1.29 is 4.79 Å². The molecular weight excluding hydrogens is 384 g/mol. The Morgan fingerprint density at radius 3 is 2.74 bits per heavy atom. The number of hydrogen-bond donors (Lipinski definition) is 2. The van der Waals surface area contributed by atoms with Gasteiger partial charge in [-0.05, 0) is 79.6 Å². The SMILES string of the molecule is CC(=O)N1c2ccc(C3=CCNCC3)cc2C(Nc2cccc(C)n2)[C@@H](C)C1C1CC1. The third-order valence-corrected chi connectivity index (χ3v) is 7.06. The molecule has 1 fully saturated rings. The number of nitrogens with zero attached hydrogens (tertiary/aromatic N) is 2. The number of aromatic nitrogens is 1. The highest BCUT2D eigenvalue weighted by Crippen LogP contribution is 2.50. The van der Waals surface area contributed by atoms with Crippen LogP contribution in [0.2, 0.25) is 0 Å². The van der Waals surface area contributed by atoms with Crippen molar-refractivity contribution in [1.82, 2.24) is 10.3 Å². The molecule has 2 unspecified atom stereocenters. The molecule has 2 N–H and O–H groups in total. The molecule has 3 atom stereocenters. The van der Waals surface area contributed by atoms with Gasteiger partial charge in [-0.1, -0.05) is 25.1 Å². The fourth-order valence-electron chi connectivity index (χ4n) is 5.43. The predicted octanol–water partition coefficient (Wildman–Crippen LogP) is 4.70. The van der Waals surface area contributed by atoms with E-state index >= 15 is 0 Å². The zero-order valence-corrected chi connectivity index (χ0v) is 18.7. The van der Waals surface area contributed by atoms with Crippen LogP contribution < -0.4 is 15.5 Å². The summed E-state index contributed by atoms with van der Waals surface area (Å²) in [6.07, 6.45) is 5.74. The monoisotopic (exact) mass is 416 g/mol. The first-order valence-corrected chi connectivity index (χ1v) is 11.6. The van der Waals surface area contributed by atoms with Crippen LogP contribution in [0.15, 0.2) is 42.5 Å². The second-order valence-electron chi connectivity index (χ2n) is 9.32. The highest BCUT2D eigenvalue weighted by molar-refractivity contribution is 5.94. The molecule has 0 spiro atoms. The molecule has 1 saturated carbocycles. The number of rotatable bonds is 4. The minimum atomic E-state index is 0.118. The van der Waals surface area contributed by atoms with E-state index in [4.69, 9.17) is 4.98 Å². The van der Waals surface area contributed by atoms with Crippen LogP contribution in [0.5, 0.6) is 0 Å². The summed E-state index contributed by atoms with van der Waals surface area (Å²) in [5.74, 6) is 1.93. The van der Waals surface area contributed by atoms with Crippen LogP contribution in [-0.2, 0) is 4.79 Å². The number of anilines is 2. The number of carbonyl (C=O) groups is 1. The number of fused-ring (bicyclic) bond motifs is 1. The second-order valence-corrected chi connectivity index (χ2v) is 9.32. The molecular formula is C26H32N4O. The van der Waals surface area contributed by atoms with Crippen LogP contribution in [0.25, 0.3) is 5.57 Å². The molecule has 5 nitrogen and oxygen atoms in total. The zero-order chi connectivity index (χ0) is 21.5. The second kappa shape index (κ2) is 8.12. The van der Waals surface area contributed by atoms with E-state index in [-0.39, 0.29) is 18.0 Å². The van der Waals surface area contributed by atoms with E-state index in [0.29, 0.717) is 11.8 Å². The predicted molar refractivity (Wildman–Crippen MR) is 126 cm³/mol. The number of nitrogens with one attached hydrogen (secondary N) is 2. The number of carbonyl (C=O) groups excluding carboxylic acids is 1. The van der Waals surface area contributed by atoms with Gasteiger partial charge in [0, 0.05) is 36.8 Å². The van der Waals surface area contributed by atoms with Gasteiger partial charge >= 0.3 is 0 Å². The van der Waals surface area contributed by atoms with Crippen LogP contribution in [0.1, 0.15) is 56.0 Å². The third-order valence-electron chi connectivity index (χ3n) is 7.06. The topological polar surface area (TPSA) is 57.3 Å². The molecule has 1 aliphatic carbocycles. The maximum Gasteiger partial charge on any atom is 0.224 e. The molecule has 1 aromatic heterocycles. The van der Waals surface area contributed by atoms with E-state index in [2.05, 4.69) is 52.8 Å². The first kappa shape index (κ1) is 20.3. The standard InChI is InChI=1S/C26H32N4O/c1-16-5-4-6-24(28-16)29-25-17(2)26(20-7-8-20)30(18(3)31)23-10-9-21(15-22(23)25)19-11-13-27-14-12-19/h4-6,9-11,15,17,20,25-27H,7-8,12-14H2,1-3H3,(H,28,29)/t17-,25?,26?/m1/s1. The molecule has 2 aliphatic heterocycles. The van der Waals surface area contributed by atoms with Crippen LogP contribution in [0, 0.1) is 18.8 Å². The fourth-order valence-corrected chi connectivity index (χ4v) is 5.43. The van der Waals surface area contributed by atoms with Gasteiger partial charge in [0.05, 0.1) is 6.04 Å². The lowest BCUT2D eigenvalue weighted by Crippen LogP contribution is -2.51. The Hall–Kier alpha value is -2.66. The van der Waals surface area contributed by atoms with Crippen LogP contribution in [-0.4, -0.2) is 30.0 Å². The quantitative estimate of drug-likeness (QED) is 0.758. The number of hydrogen-bond acceptors (Lipinski definition) is 4. The first-order valence-electron chi connectivity index (χ1n) is 11.6.